The van der Waals surface area contributed by atoms with Crippen LogP contribution in [0, 0.1) is 12.3 Å². The van der Waals surface area contributed by atoms with Crippen LogP contribution < -0.4 is 0 Å². The summed E-state index contributed by atoms with van der Waals surface area (Å²) in [4.78, 5) is 13.3. The Morgan fingerprint density at radius 3 is 2.67 bits per heavy atom. The molecule has 0 spiro atoms. The first-order valence-corrected chi connectivity index (χ1v) is 7.56. The lowest BCUT2D eigenvalue weighted by atomic mass is 10.00. The SMILES string of the molecule is C#CC(C)(C)N1CCS(=O)(=O)CC1CC(=O)OC. The van der Waals surface area contributed by atoms with Gasteiger partial charge in [-0.05, 0) is 13.8 Å². The van der Waals surface area contributed by atoms with Crippen molar-refractivity contribution in [1.82, 2.24) is 4.90 Å². The molecule has 102 valence electrons. The topological polar surface area (TPSA) is 63.7 Å². The van der Waals surface area contributed by atoms with Gasteiger partial charge >= 0.3 is 5.97 Å². The Morgan fingerprint density at radius 2 is 2.17 bits per heavy atom. The van der Waals surface area contributed by atoms with Crippen molar-refractivity contribution in [3.05, 3.63) is 0 Å². The fraction of sp³-hybridized carbons (Fsp3) is 0.750. The molecule has 1 fully saturated rings. The summed E-state index contributed by atoms with van der Waals surface area (Å²) in [5.41, 5.74) is -0.575. The first-order chi connectivity index (χ1) is 8.22. The second-order valence-corrected chi connectivity index (χ2v) is 7.17. The van der Waals surface area contributed by atoms with Gasteiger partial charge in [0.2, 0.25) is 0 Å². The highest BCUT2D eigenvalue weighted by Gasteiger charge is 2.39. The summed E-state index contributed by atoms with van der Waals surface area (Å²) in [5.74, 6) is 2.25. The zero-order chi connectivity index (χ0) is 14.0. The summed E-state index contributed by atoms with van der Waals surface area (Å²) < 4.78 is 27.9. The number of terminal acetylenes is 1. The van der Waals surface area contributed by atoms with Gasteiger partial charge in [0.15, 0.2) is 9.84 Å². The lowest BCUT2D eigenvalue weighted by molar-refractivity contribution is -0.142. The molecule has 6 heteroatoms. The Kier molecular flexibility index (Phi) is 4.41. The van der Waals surface area contributed by atoms with Gasteiger partial charge in [0.1, 0.15) is 0 Å². The molecule has 0 aromatic heterocycles. The maximum Gasteiger partial charge on any atom is 0.307 e. The molecule has 0 aromatic carbocycles. The molecule has 1 heterocycles. The van der Waals surface area contributed by atoms with Gasteiger partial charge in [0.05, 0.1) is 30.6 Å². The van der Waals surface area contributed by atoms with Crippen LogP contribution in [-0.2, 0) is 19.4 Å². The zero-order valence-corrected chi connectivity index (χ0v) is 11.8. The van der Waals surface area contributed by atoms with Crippen molar-refractivity contribution in [3.8, 4) is 12.3 Å². The van der Waals surface area contributed by atoms with Crippen molar-refractivity contribution in [3.63, 3.8) is 0 Å². The lowest BCUT2D eigenvalue weighted by Crippen LogP contribution is -2.57. The normalized spacial score (nSPS) is 24.2. The largest absolute Gasteiger partial charge is 0.469 e. The summed E-state index contributed by atoms with van der Waals surface area (Å²) in [7, 11) is -1.82. The number of ether oxygens (including phenoxy) is 1. The maximum absolute atomic E-state index is 11.7. The second-order valence-electron chi connectivity index (χ2n) is 4.95. The lowest BCUT2D eigenvalue weighted by Gasteiger charge is -2.42. The average Bonchev–Trinajstić information content (AvgIpc) is 2.27. The number of rotatable bonds is 3. The van der Waals surface area contributed by atoms with Crippen LogP contribution >= 0.6 is 0 Å². The molecular formula is C12H19NO4S. The molecule has 0 amide bonds. The number of methoxy groups -OCH3 is 1. The third kappa shape index (κ3) is 3.47. The van der Waals surface area contributed by atoms with E-state index in [4.69, 9.17) is 6.42 Å². The van der Waals surface area contributed by atoms with Crippen molar-refractivity contribution < 1.29 is 17.9 Å². The second kappa shape index (κ2) is 5.29. The van der Waals surface area contributed by atoms with Crippen LogP contribution in [0.5, 0.6) is 0 Å². The van der Waals surface area contributed by atoms with E-state index >= 15 is 0 Å². The number of hydrogen-bond acceptors (Lipinski definition) is 5. The van der Waals surface area contributed by atoms with Crippen LogP contribution in [0.1, 0.15) is 20.3 Å². The first-order valence-electron chi connectivity index (χ1n) is 5.73. The molecule has 1 saturated heterocycles. The monoisotopic (exact) mass is 273 g/mol. The molecule has 0 aromatic rings. The van der Waals surface area contributed by atoms with Gasteiger partial charge in [-0.2, -0.15) is 0 Å². The van der Waals surface area contributed by atoms with Crippen molar-refractivity contribution >= 4 is 15.8 Å². The molecule has 5 nitrogen and oxygen atoms in total. The van der Waals surface area contributed by atoms with Crippen LogP contribution in [-0.4, -0.2) is 56.0 Å². The number of carbonyl (C=O) groups is 1. The molecule has 1 aliphatic rings. The van der Waals surface area contributed by atoms with E-state index in [0.717, 1.165) is 0 Å². The Morgan fingerprint density at radius 1 is 1.56 bits per heavy atom. The van der Waals surface area contributed by atoms with E-state index in [9.17, 15) is 13.2 Å². The van der Waals surface area contributed by atoms with E-state index < -0.39 is 27.4 Å². The van der Waals surface area contributed by atoms with E-state index in [1.165, 1.54) is 7.11 Å². The number of hydrogen-bond donors (Lipinski definition) is 0. The minimum absolute atomic E-state index is 0.0425. The highest BCUT2D eigenvalue weighted by molar-refractivity contribution is 7.91. The number of esters is 1. The molecule has 1 unspecified atom stereocenters. The molecule has 0 bridgehead atoms. The Labute approximate surface area is 108 Å². The predicted molar refractivity (Wildman–Crippen MR) is 68.7 cm³/mol. The van der Waals surface area contributed by atoms with Gasteiger partial charge in [-0.15, -0.1) is 6.42 Å². The summed E-state index contributed by atoms with van der Waals surface area (Å²) >= 11 is 0. The van der Waals surface area contributed by atoms with Crippen molar-refractivity contribution in [1.29, 1.82) is 0 Å². The molecule has 1 rings (SSSR count). The molecular weight excluding hydrogens is 254 g/mol. The molecule has 0 aliphatic carbocycles. The van der Waals surface area contributed by atoms with E-state index in [0.29, 0.717) is 6.54 Å². The van der Waals surface area contributed by atoms with Crippen LogP contribution in [0.3, 0.4) is 0 Å². The summed E-state index contributed by atoms with van der Waals surface area (Å²) in [6.45, 7) is 4.03. The van der Waals surface area contributed by atoms with Gasteiger partial charge < -0.3 is 4.74 Å². The Balaban J connectivity index is 2.95. The predicted octanol–water partition coefficient (Wildman–Crippen LogP) is 0.0603. The van der Waals surface area contributed by atoms with E-state index in [2.05, 4.69) is 10.7 Å². The van der Waals surface area contributed by atoms with E-state index in [1.54, 1.807) is 0 Å². The fourth-order valence-corrected chi connectivity index (χ4v) is 3.68. The van der Waals surface area contributed by atoms with Crippen molar-refractivity contribution in [2.75, 3.05) is 25.2 Å². The van der Waals surface area contributed by atoms with E-state index in [1.807, 2.05) is 18.7 Å². The third-order valence-corrected chi connectivity index (χ3v) is 4.93. The van der Waals surface area contributed by atoms with Gasteiger partial charge in [0, 0.05) is 12.6 Å². The molecule has 0 N–H and O–H groups in total. The molecule has 18 heavy (non-hydrogen) atoms. The molecule has 1 atom stereocenters. The van der Waals surface area contributed by atoms with Crippen LogP contribution in [0.15, 0.2) is 0 Å². The Hall–Kier alpha value is -1.06. The summed E-state index contributed by atoms with van der Waals surface area (Å²) in [6, 6.07) is -0.415. The van der Waals surface area contributed by atoms with Crippen LogP contribution in [0.25, 0.3) is 0 Å². The first kappa shape index (κ1) is 15.0. The smallest absolute Gasteiger partial charge is 0.307 e. The summed E-state index contributed by atoms with van der Waals surface area (Å²) in [6.07, 6.45) is 5.52. The van der Waals surface area contributed by atoms with Gasteiger partial charge in [-0.1, -0.05) is 5.92 Å². The highest BCUT2D eigenvalue weighted by atomic mass is 32.2. The molecule has 1 aliphatic heterocycles. The van der Waals surface area contributed by atoms with Gasteiger partial charge in [-0.25, -0.2) is 8.42 Å². The standard InChI is InChI=1S/C12H19NO4S/c1-5-12(2,3)13-6-7-18(15,16)9-10(13)8-11(14)17-4/h1,10H,6-9H2,2-4H3. The zero-order valence-electron chi connectivity index (χ0n) is 11.0. The molecule has 0 saturated carbocycles. The quantitative estimate of drug-likeness (QED) is 0.537. The van der Waals surface area contributed by atoms with Crippen molar-refractivity contribution in [2.24, 2.45) is 0 Å². The number of nitrogens with zero attached hydrogens (tertiary/aromatic N) is 1. The van der Waals surface area contributed by atoms with E-state index in [-0.39, 0.29) is 17.9 Å². The Bertz CT molecular complexity index is 461. The number of sulfone groups is 1. The molecule has 0 radical (unpaired) electrons. The van der Waals surface area contributed by atoms with Crippen LogP contribution in [0.4, 0.5) is 0 Å². The minimum Gasteiger partial charge on any atom is -0.469 e. The maximum atomic E-state index is 11.7. The van der Waals surface area contributed by atoms with Crippen molar-refractivity contribution in [2.45, 2.75) is 31.8 Å². The third-order valence-electron chi connectivity index (χ3n) is 3.23. The fourth-order valence-electron chi connectivity index (χ4n) is 2.15. The average molecular weight is 273 g/mol. The van der Waals surface area contributed by atoms with Gasteiger partial charge in [-0.3, -0.25) is 9.69 Å². The van der Waals surface area contributed by atoms with Crippen LogP contribution in [0.2, 0.25) is 0 Å². The summed E-state index contributed by atoms with van der Waals surface area (Å²) in [5, 5.41) is 0. The number of carbonyl (C=O) groups excluding carboxylic acids is 1. The van der Waals surface area contributed by atoms with Gasteiger partial charge in [0.25, 0.3) is 0 Å². The highest BCUT2D eigenvalue weighted by Crippen LogP contribution is 2.24. The minimum atomic E-state index is -3.11.